The lowest BCUT2D eigenvalue weighted by atomic mass is 9.81. The average molecular weight is 309 g/mol. The number of rotatable bonds is 5. The van der Waals surface area contributed by atoms with Gasteiger partial charge in [0.05, 0.1) is 19.4 Å². The Balaban J connectivity index is 2.49. The van der Waals surface area contributed by atoms with Crippen molar-refractivity contribution < 1.29 is 27.5 Å². The minimum Gasteiger partial charge on any atom is -0.469 e. The zero-order chi connectivity index (χ0) is 16.0. The standard InChI is InChI=1S/C14H22F3NO3/c1-3-18(9-8-12(19)21-2)13(20)10-4-6-11(7-5-10)14(15,16)17/h10-11H,3-9H2,1-2H3. The molecule has 1 amide bonds. The first kappa shape index (κ1) is 17.8. The van der Waals surface area contributed by atoms with Crippen molar-refractivity contribution in [2.75, 3.05) is 20.2 Å². The third-order valence-corrected chi connectivity index (χ3v) is 4.05. The van der Waals surface area contributed by atoms with Gasteiger partial charge in [-0.1, -0.05) is 0 Å². The van der Waals surface area contributed by atoms with Gasteiger partial charge in [0.15, 0.2) is 0 Å². The van der Waals surface area contributed by atoms with Crippen molar-refractivity contribution >= 4 is 11.9 Å². The molecule has 0 atom stereocenters. The molecular formula is C14H22F3NO3. The Labute approximate surface area is 122 Å². The number of nitrogens with zero attached hydrogens (tertiary/aromatic N) is 1. The molecule has 0 spiro atoms. The lowest BCUT2D eigenvalue weighted by Gasteiger charge is -2.32. The van der Waals surface area contributed by atoms with E-state index in [2.05, 4.69) is 4.74 Å². The van der Waals surface area contributed by atoms with Crippen molar-refractivity contribution in [1.82, 2.24) is 4.90 Å². The van der Waals surface area contributed by atoms with Crippen molar-refractivity contribution in [2.45, 2.75) is 45.2 Å². The summed E-state index contributed by atoms with van der Waals surface area (Å²) >= 11 is 0. The maximum Gasteiger partial charge on any atom is 0.391 e. The van der Waals surface area contributed by atoms with E-state index in [0.29, 0.717) is 6.54 Å². The van der Waals surface area contributed by atoms with E-state index in [0.717, 1.165) is 0 Å². The Kier molecular flexibility index (Phi) is 6.48. The fourth-order valence-corrected chi connectivity index (χ4v) is 2.68. The van der Waals surface area contributed by atoms with Gasteiger partial charge >= 0.3 is 12.1 Å². The van der Waals surface area contributed by atoms with Gasteiger partial charge in [-0.3, -0.25) is 9.59 Å². The Morgan fingerprint density at radius 1 is 1.19 bits per heavy atom. The van der Waals surface area contributed by atoms with Crippen molar-refractivity contribution in [2.24, 2.45) is 11.8 Å². The minimum absolute atomic E-state index is 0.00840. The van der Waals surface area contributed by atoms with Crippen molar-refractivity contribution in [1.29, 1.82) is 0 Å². The molecule has 0 heterocycles. The smallest absolute Gasteiger partial charge is 0.391 e. The topological polar surface area (TPSA) is 46.6 Å². The molecule has 7 heteroatoms. The van der Waals surface area contributed by atoms with Gasteiger partial charge in [-0.15, -0.1) is 0 Å². The first-order chi connectivity index (χ1) is 9.79. The molecule has 0 saturated heterocycles. The van der Waals surface area contributed by atoms with Crippen LogP contribution in [-0.2, 0) is 14.3 Å². The monoisotopic (exact) mass is 309 g/mol. The van der Waals surface area contributed by atoms with E-state index in [4.69, 9.17) is 0 Å². The summed E-state index contributed by atoms with van der Waals surface area (Å²) in [7, 11) is 1.28. The molecule has 0 aromatic heterocycles. The Morgan fingerprint density at radius 3 is 2.19 bits per heavy atom. The van der Waals surface area contributed by atoms with Crippen molar-refractivity contribution in [3.05, 3.63) is 0 Å². The van der Waals surface area contributed by atoms with E-state index in [1.54, 1.807) is 6.92 Å². The average Bonchev–Trinajstić information content (AvgIpc) is 2.46. The van der Waals surface area contributed by atoms with Gasteiger partial charge in [-0.05, 0) is 32.6 Å². The molecule has 4 nitrogen and oxygen atoms in total. The molecule has 1 aliphatic carbocycles. The van der Waals surface area contributed by atoms with Crippen LogP contribution in [0.3, 0.4) is 0 Å². The number of hydrogen-bond acceptors (Lipinski definition) is 3. The van der Waals surface area contributed by atoms with Gasteiger partial charge in [-0.25, -0.2) is 0 Å². The number of esters is 1. The Bertz CT molecular complexity index is 363. The van der Waals surface area contributed by atoms with Crippen LogP contribution in [0, 0.1) is 11.8 Å². The predicted molar refractivity (Wildman–Crippen MR) is 70.4 cm³/mol. The van der Waals surface area contributed by atoms with E-state index in [1.807, 2.05) is 0 Å². The molecule has 0 unspecified atom stereocenters. The minimum atomic E-state index is -4.16. The molecule has 21 heavy (non-hydrogen) atoms. The molecule has 1 rings (SSSR count). The highest BCUT2D eigenvalue weighted by Gasteiger charge is 2.42. The fraction of sp³-hybridized carbons (Fsp3) is 0.857. The quantitative estimate of drug-likeness (QED) is 0.734. The molecule has 0 N–H and O–H groups in total. The summed E-state index contributed by atoms with van der Waals surface area (Å²) in [6.45, 7) is 2.48. The molecule has 0 aromatic carbocycles. The highest BCUT2D eigenvalue weighted by atomic mass is 19.4. The fourth-order valence-electron chi connectivity index (χ4n) is 2.68. The zero-order valence-electron chi connectivity index (χ0n) is 12.4. The molecule has 1 fully saturated rings. The molecule has 1 saturated carbocycles. The lowest BCUT2D eigenvalue weighted by Crippen LogP contribution is -2.40. The maximum atomic E-state index is 12.6. The number of hydrogen-bond donors (Lipinski definition) is 0. The highest BCUT2D eigenvalue weighted by molar-refractivity contribution is 5.79. The normalized spacial score (nSPS) is 22.7. The van der Waals surface area contributed by atoms with Gasteiger partial charge in [0, 0.05) is 19.0 Å². The largest absolute Gasteiger partial charge is 0.469 e. The molecule has 0 radical (unpaired) electrons. The SMILES string of the molecule is CCN(CCC(=O)OC)C(=O)C1CCC(C(F)(F)F)CC1. The summed E-state index contributed by atoms with van der Waals surface area (Å²) < 4.78 is 42.3. The molecular weight excluding hydrogens is 287 g/mol. The summed E-state index contributed by atoms with van der Waals surface area (Å²) in [6.07, 6.45) is -3.52. The summed E-state index contributed by atoms with van der Waals surface area (Å²) in [5, 5.41) is 0. The number of ether oxygens (including phenoxy) is 1. The van der Waals surface area contributed by atoms with Gasteiger partial charge < -0.3 is 9.64 Å². The highest BCUT2D eigenvalue weighted by Crippen LogP contribution is 2.39. The van der Waals surface area contributed by atoms with E-state index in [9.17, 15) is 22.8 Å². The molecule has 0 bridgehead atoms. The number of methoxy groups -OCH3 is 1. The van der Waals surface area contributed by atoms with Crippen molar-refractivity contribution in [3.8, 4) is 0 Å². The number of carbonyl (C=O) groups is 2. The predicted octanol–water partition coefficient (Wildman–Crippen LogP) is 2.77. The summed E-state index contributed by atoms with van der Waals surface area (Å²) in [5.74, 6) is -2.20. The first-order valence-corrected chi connectivity index (χ1v) is 7.21. The molecule has 122 valence electrons. The van der Waals surface area contributed by atoms with Crippen LogP contribution in [-0.4, -0.2) is 43.2 Å². The molecule has 0 aliphatic heterocycles. The van der Waals surface area contributed by atoms with Gasteiger partial charge in [0.1, 0.15) is 0 Å². The lowest BCUT2D eigenvalue weighted by molar-refractivity contribution is -0.185. The van der Waals surface area contributed by atoms with Gasteiger partial charge in [-0.2, -0.15) is 13.2 Å². The summed E-state index contributed by atoms with van der Waals surface area (Å²) in [6, 6.07) is 0. The number of amides is 1. The van der Waals surface area contributed by atoms with Crippen LogP contribution in [0.1, 0.15) is 39.0 Å². The number of alkyl halides is 3. The molecule has 1 aliphatic rings. The van der Waals surface area contributed by atoms with E-state index in [-0.39, 0.29) is 50.5 Å². The number of halogens is 3. The molecule has 0 aromatic rings. The van der Waals surface area contributed by atoms with Crippen LogP contribution in [0.2, 0.25) is 0 Å². The van der Waals surface area contributed by atoms with Crippen LogP contribution < -0.4 is 0 Å². The second-order valence-electron chi connectivity index (χ2n) is 5.33. The van der Waals surface area contributed by atoms with Crippen LogP contribution in [0.25, 0.3) is 0 Å². The van der Waals surface area contributed by atoms with Crippen LogP contribution in [0.5, 0.6) is 0 Å². The summed E-state index contributed by atoms with van der Waals surface area (Å²) in [5.41, 5.74) is 0. The van der Waals surface area contributed by atoms with E-state index in [1.165, 1.54) is 12.0 Å². The van der Waals surface area contributed by atoms with E-state index < -0.39 is 18.1 Å². The zero-order valence-corrected chi connectivity index (χ0v) is 12.4. The van der Waals surface area contributed by atoms with Crippen LogP contribution in [0.15, 0.2) is 0 Å². The third-order valence-electron chi connectivity index (χ3n) is 4.05. The number of carbonyl (C=O) groups excluding carboxylic acids is 2. The second kappa shape index (κ2) is 7.66. The van der Waals surface area contributed by atoms with Crippen LogP contribution in [0.4, 0.5) is 13.2 Å². The Morgan fingerprint density at radius 2 is 1.76 bits per heavy atom. The second-order valence-corrected chi connectivity index (χ2v) is 5.33. The Hall–Kier alpha value is -1.27. The summed E-state index contributed by atoms with van der Waals surface area (Å²) in [4.78, 5) is 24.9. The van der Waals surface area contributed by atoms with Gasteiger partial charge in [0.2, 0.25) is 5.91 Å². The maximum absolute atomic E-state index is 12.6. The first-order valence-electron chi connectivity index (χ1n) is 7.21. The third kappa shape index (κ3) is 5.21. The van der Waals surface area contributed by atoms with Crippen LogP contribution >= 0.6 is 0 Å². The van der Waals surface area contributed by atoms with Crippen molar-refractivity contribution in [3.63, 3.8) is 0 Å². The van der Waals surface area contributed by atoms with Gasteiger partial charge in [0.25, 0.3) is 0 Å². The van der Waals surface area contributed by atoms with E-state index >= 15 is 0 Å².